The monoisotopic (exact) mass is 234 g/mol. The maximum absolute atomic E-state index is 5.73. The van der Waals surface area contributed by atoms with Crippen molar-refractivity contribution in [3.63, 3.8) is 0 Å². The Morgan fingerprint density at radius 2 is 2.06 bits per heavy atom. The second-order valence-corrected chi connectivity index (χ2v) is 4.78. The first-order chi connectivity index (χ1) is 8.24. The summed E-state index contributed by atoms with van der Waals surface area (Å²) in [7, 11) is 1.98. The first kappa shape index (κ1) is 10.6. The number of anilines is 3. The van der Waals surface area contributed by atoms with Crippen LogP contribution in [0.15, 0.2) is 6.07 Å². The molecule has 4 N–H and O–H groups in total. The predicted molar refractivity (Wildman–Crippen MR) is 68.1 cm³/mol. The van der Waals surface area contributed by atoms with E-state index in [1.807, 2.05) is 13.1 Å². The van der Waals surface area contributed by atoms with Gasteiger partial charge in [-0.05, 0) is 19.9 Å². The molecule has 1 saturated carbocycles. The Bertz CT molecular complexity index is 410. The van der Waals surface area contributed by atoms with Gasteiger partial charge in [0.2, 0.25) is 5.95 Å². The van der Waals surface area contributed by atoms with Gasteiger partial charge in [0, 0.05) is 31.2 Å². The minimum Gasteiger partial charge on any atom is -0.368 e. The van der Waals surface area contributed by atoms with Gasteiger partial charge in [0.15, 0.2) is 0 Å². The number of likely N-dealkylation sites (N-methyl/N-ethyl adjacent to an activating group) is 1. The standard InChI is InChI=1S/C11H18N6/c1-13-8-5-17(6-8)10-4-9(14-7-2-3-7)15-11(12)16-10/h4,7-8,13H,2-3,5-6H2,1H3,(H3,12,14,15,16). The van der Waals surface area contributed by atoms with Crippen molar-refractivity contribution >= 4 is 17.6 Å². The second kappa shape index (κ2) is 4.03. The highest BCUT2D eigenvalue weighted by molar-refractivity contribution is 5.55. The van der Waals surface area contributed by atoms with Gasteiger partial charge in [-0.15, -0.1) is 0 Å². The zero-order valence-corrected chi connectivity index (χ0v) is 9.98. The number of aromatic nitrogens is 2. The Morgan fingerprint density at radius 1 is 1.29 bits per heavy atom. The molecule has 0 aromatic carbocycles. The van der Waals surface area contributed by atoms with Gasteiger partial charge in [0.25, 0.3) is 0 Å². The highest BCUT2D eigenvalue weighted by Gasteiger charge is 2.27. The molecule has 1 saturated heterocycles. The molecule has 6 nitrogen and oxygen atoms in total. The largest absolute Gasteiger partial charge is 0.368 e. The molecule has 0 unspecified atom stereocenters. The smallest absolute Gasteiger partial charge is 0.223 e. The molecule has 92 valence electrons. The maximum atomic E-state index is 5.73. The molecule has 2 heterocycles. The Morgan fingerprint density at radius 3 is 2.71 bits per heavy atom. The summed E-state index contributed by atoms with van der Waals surface area (Å²) in [5.74, 6) is 2.12. The molecule has 1 aromatic heterocycles. The fourth-order valence-electron chi connectivity index (χ4n) is 1.97. The fraction of sp³-hybridized carbons (Fsp3) is 0.636. The Labute approximate surface area is 101 Å². The molecule has 1 aromatic rings. The van der Waals surface area contributed by atoms with Crippen LogP contribution in [0.4, 0.5) is 17.6 Å². The van der Waals surface area contributed by atoms with Crippen LogP contribution in [0.25, 0.3) is 0 Å². The summed E-state index contributed by atoms with van der Waals surface area (Å²) in [5, 5.41) is 6.59. The molecule has 2 fully saturated rings. The van der Waals surface area contributed by atoms with Crippen molar-refractivity contribution < 1.29 is 0 Å². The molecule has 17 heavy (non-hydrogen) atoms. The molecule has 2 aliphatic rings. The van der Waals surface area contributed by atoms with Crippen LogP contribution in [0.2, 0.25) is 0 Å². The lowest BCUT2D eigenvalue weighted by atomic mass is 10.1. The molecule has 1 aliphatic carbocycles. The first-order valence-corrected chi connectivity index (χ1v) is 6.08. The van der Waals surface area contributed by atoms with Crippen molar-refractivity contribution in [3.8, 4) is 0 Å². The third-order valence-corrected chi connectivity index (χ3v) is 3.27. The molecular formula is C11H18N6. The van der Waals surface area contributed by atoms with E-state index in [2.05, 4.69) is 25.5 Å². The number of hydrogen-bond acceptors (Lipinski definition) is 6. The zero-order chi connectivity index (χ0) is 11.8. The van der Waals surface area contributed by atoms with Crippen molar-refractivity contribution in [2.45, 2.75) is 24.9 Å². The summed E-state index contributed by atoms with van der Waals surface area (Å²) < 4.78 is 0. The van der Waals surface area contributed by atoms with E-state index in [0.29, 0.717) is 18.0 Å². The van der Waals surface area contributed by atoms with Crippen LogP contribution in [0.5, 0.6) is 0 Å². The van der Waals surface area contributed by atoms with Gasteiger partial charge < -0.3 is 21.3 Å². The number of nitrogens with zero attached hydrogens (tertiary/aromatic N) is 3. The van der Waals surface area contributed by atoms with Crippen LogP contribution >= 0.6 is 0 Å². The lowest BCUT2D eigenvalue weighted by Gasteiger charge is -2.40. The minimum atomic E-state index is 0.346. The lowest BCUT2D eigenvalue weighted by molar-refractivity contribution is 0.447. The summed E-state index contributed by atoms with van der Waals surface area (Å²) in [4.78, 5) is 10.7. The van der Waals surface area contributed by atoms with Crippen molar-refractivity contribution in [1.29, 1.82) is 0 Å². The summed E-state index contributed by atoms with van der Waals surface area (Å²) >= 11 is 0. The van der Waals surface area contributed by atoms with Gasteiger partial charge in [-0.2, -0.15) is 9.97 Å². The van der Waals surface area contributed by atoms with E-state index in [0.717, 1.165) is 24.7 Å². The Kier molecular flexibility index (Phi) is 2.51. The zero-order valence-electron chi connectivity index (χ0n) is 9.98. The molecule has 0 bridgehead atoms. The number of hydrogen-bond donors (Lipinski definition) is 3. The second-order valence-electron chi connectivity index (χ2n) is 4.78. The third kappa shape index (κ3) is 2.26. The lowest BCUT2D eigenvalue weighted by Crippen LogP contribution is -2.57. The predicted octanol–water partition coefficient (Wildman–Crippen LogP) is 0.0411. The summed E-state index contributed by atoms with van der Waals surface area (Å²) in [6.45, 7) is 1.96. The number of rotatable bonds is 4. The van der Waals surface area contributed by atoms with Crippen LogP contribution in [0.3, 0.4) is 0 Å². The molecular weight excluding hydrogens is 216 g/mol. The number of nitrogens with two attached hydrogens (primary N) is 1. The normalized spacial score (nSPS) is 20.2. The van der Waals surface area contributed by atoms with E-state index >= 15 is 0 Å². The van der Waals surface area contributed by atoms with Crippen molar-refractivity contribution in [3.05, 3.63) is 6.07 Å². The molecule has 0 radical (unpaired) electrons. The Balaban J connectivity index is 1.72. The molecule has 0 atom stereocenters. The topological polar surface area (TPSA) is 79.1 Å². The van der Waals surface area contributed by atoms with Gasteiger partial charge >= 0.3 is 0 Å². The SMILES string of the molecule is CNC1CN(c2cc(NC3CC3)nc(N)n2)C1. The molecule has 0 spiro atoms. The van der Waals surface area contributed by atoms with E-state index in [9.17, 15) is 0 Å². The van der Waals surface area contributed by atoms with Crippen LogP contribution in [-0.2, 0) is 0 Å². The Hall–Kier alpha value is -1.56. The third-order valence-electron chi connectivity index (χ3n) is 3.27. The van der Waals surface area contributed by atoms with Crippen molar-refractivity contribution in [2.24, 2.45) is 0 Å². The average Bonchev–Trinajstić information content (AvgIpc) is 2.99. The summed E-state index contributed by atoms with van der Waals surface area (Å²) in [6, 6.07) is 3.13. The van der Waals surface area contributed by atoms with Gasteiger partial charge in [0.1, 0.15) is 11.6 Å². The van der Waals surface area contributed by atoms with E-state index in [1.165, 1.54) is 12.8 Å². The number of nitrogens with one attached hydrogen (secondary N) is 2. The highest BCUT2D eigenvalue weighted by atomic mass is 15.3. The van der Waals surface area contributed by atoms with Crippen LogP contribution in [0, 0.1) is 0 Å². The summed E-state index contributed by atoms with van der Waals surface area (Å²) in [5.41, 5.74) is 5.73. The van der Waals surface area contributed by atoms with E-state index < -0.39 is 0 Å². The maximum Gasteiger partial charge on any atom is 0.223 e. The van der Waals surface area contributed by atoms with Gasteiger partial charge in [0.05, 0.1) is 0 Å². The highest BCUT2D eigenvalue weighted by Crippen LogP contribution is 2.27. The molecule has 3 rings (SSSR count). The van der Waals surface area contributed by atoms with E-state index in [1.54, 1.807) is 0 Å². The number of nitrogen functional groups attached to an aromatic ring is 1. The molecule has 6 heteroatoms. The van der Waals surface area contributed by atoms with E-state index in [4.69, 9.17) is 5.73 Å². The first-order valence-electron chi connectivity index (χ1n) is 6.08. The van der Waals surface area contributed by atoms with E-state index in [-0.39, 0.29) is 0 Å². The van der Waals surface area contributed by atoms with Gasteiger partial charge in [-0.3, -0.25) is 0 Å². The molecule has 0 amide bonds. The van der Waals surface area contributed by atoms with Crippen LogP contribution in [0.1, 0.15) is 12.8 Å². The van der Waals surface area contributed by atoms with Gasteiger partial charge in [-0.25, -0.2) is 0 Å². The average molecular weight is 234 g/mol. The van der Waals surface area contributed by atoms with Crippen molar-refractivity contribution in [1.82, 2.24) is 15.3 Å². The van der Waals surface area contributed by atoms with Crippen LogP contribution in [-0.4, -0.2) is 42.2 Å². The molecule has 1 aliphatic heterocycles. The van der Waals surface area contributed by atoms with Crippen LogP contribution < -0.4 is 21.3 Å². The minimum absolute atomic E-state index is 0.346. The summed E-state index contributed by atoms with van der Waals surface area (Å²) in [6.07, 6.45) is 2.45. The fourth-order valence-corrected chi connectivity index (χ4v) is 1.97. The van der Waals surface area contributed by atoms with Crippen molar-refractivity contribution in [2.75, 3.05) is 36.1 Å². The van der Waals surface area contributed by atoms with Gasteiger partial charge in [-0.1, -0.05) is 0 Å². The quantitative estimate of drug-likeness (QED) is 0.683.